The molecule has 0 fully saturated rings. The van der Waals surface area contributed by atoms with Gasteiger partial charge in [0.05, 0.1) is 31.1 Å². The van der Waals surface area contributed by atoms with E-state index in [0.717, 1.165) is 29.0 Å². The van der Waals surface area contributed by atoms with E-state index < -0.39 is 6.10 Å². The number of aromatic nitrogens is 5. The fourth-order valence-corrected chi connectivity index (χ4v) is 2.42. The zero-order valence-electron chi connectivity index (χ0n) is 14.3. The molecular weight excluding hydrogens is 320 g/mol. The maximum Gasteiger partial charge on any atom is 0.157 e. The van der Waals surface area contributed by atoms with Crippen molar-refractivity contribution in [1.82, 2.24) is 24.7 Å². The lowest BCUT2D eigenvalue weighted by atomic mass is 10.1. The molecule has 0 saturated carbocycles. The van der Waals surface area contributed by atoms with Crippen LogP contribution in [-0.2, 0) is 6.54 Å². The summed E-state index contributed by atoms with van der Waals surface area (Å²) in [5.74, 6) is 1.30. The van der Waals surface area contributed by atoms with Crippen LogP contribution in [0.4, 0.5) is 5.82 Å². The number of hydrogen-bond donors (Lipinski definition) is 3. The summed E-state index contributed by atoms with van der Waals surface area (Å²) in [7, 11) is 0. The molecule has 8 heteroatoms. The largest absolute Gasteiger partial charge is 0.394 e. The van der Waals surface area contributed by atoms with E-state index in [-0.39, 0.29) is 13.2 Å². The van der Waals surface area contributed by atoms with Crippen LogP contribution in [0.15, 0.2) is 30.9 Å². The van der Waals surface area contributed by atoms with Gasteiger partial charge in [0.15, 0.2) is 5.65 Å². The minimum absolute atomic E-state index is 0.198. The molecule has 25 heavy (non-hydrogen) atoms. The maximum atomic E-state index is 9.58. The Morgan fingerprint density at radius 3 is 2.76 bits per heavy atom. The molecule has 3 rings (SSSR count). The third kappa shape index (κ3) is 4.09. The van der Waals surface area contributed by atoms with E-state index in [1.165, 1.54) is 6.33 Å². The van der Waals surface area contributed by atoms with Crippen molar-refractivity contribution in [1.29, 1.82) is 0 Å². The second kappa shape index (κ2) is 7.54. The van der Waals surface area contributed by atoms with Gasteiger partial charge in [-0.15, -0.1) is 0 Å². The van der Waals surface area contributed by atoms with Gasteiger partial charge < -0.3 is 15.5 Å². The topological polar surface area (TPSA) is 109 Å². The number of hydrogen-bond acceptors (Lipinski definition) is 7. The van der Waals surface area contributed by atoms with Crippen LogP contribution in [0.2, 0.25) is 0 Å². The molecule has 0 aliphatic heterocycles. The van der Waals surface area contributed by atoms with Crippen molar-refractivity contribution in [3.63, 3.8) is 0 Å². The molecule has 0 aromatic carbocycles. The monoisotopic (exact) mass is 342 g/mol. The van der Waals surface area contributed by atoms with Crippen LogP contribution >= 0.6 is 0 Å². The first-order chi connectivity index (χ1) is 12.1. The molecule has 3 N–H and O–H groups in total. The number of nitrogens with zero attached hydrogens (tertiary/aromatic N) is 5. The number of anilines is 1. The molecule has 0 aliphatic carbocycles. The highest BCUT2D eigenvalue weighted by Gasteiger charge is 2.11. The van der Waals surface area contributed by atoms with Crippen molar-refractivity contribution < 1.29 is 10.2 Å². The Kier molecular flexibility index (Phi) is 5.20. The minimum Gasteiger partial charge on any atom is -0.394 e. The van der Waals surface area contributed by atoms with E-state index in [1.54, 1.807) is 17.1 Å². The lowest BCUT2D eigenvalue weighted by Gasteiger charge is -2.09. The summed E-state index contributed by atoms with van der Waals surface area (Å²) in [6, 6.07) is 3.84. The molecule has 0 aliphatic rings. The summed E-state index contributed by atoms with van der Waals surface area (Å²) in [5, 5.41) is 26.9. The second-order valence-corrected chi connectivity index (χ2v) is 6.36. The summed E-state index contributed by atoms with van der Waals surface area (Å²) in [5.41, 5.74) is 2.30. The first kappa shape index (κ1) is 17.2. The van der Waals surface area contributed by atoms with E-state index >= 15 is 0 Å². The van der Waals surface area contributed by atoms with E-state index in [9.17, 15) is 5.11 Å². The number of pyridine rings is 1. The standard InChI is InChI=1S/C17H22N6O2/c1-11(2)5-18-16-4-15(20-10-21-16)12-3-13-7-22-23(8-14(25)9-24)17(13)19-6-12/h3-4,6-7,10-11,14,24-25H,5,8-9H2,1-2H3,(H,18,20,21)/t14-/m1/s1. The Hall–Kier alpha value is -2.58. The van der Waals surface area contributed by atoms with Crippen LogP contribution < -0.4 is 5.32 Å². The van der Waals surface area contributed by atoms with Crippen LogP contribution in [0.1, 0.15) is 13.8 Å². The van der Waals surface area contributed by atoms with Gasteiger partial charge in [0.2, 0.25) is 0 Å². The number of rotatable bonds is 7. The summed E-state index contributed by atoms with van der Waals surface area (Å²) >= 11 is 0. The van der Waals surface area contributed by atoms with Gasteiger partial charge in [-0.25, -0.2) is 19.6 Å². The van der Waals surface area contributed by atoms with Gasteiger partial charge in [-0.05, 0) is 12.0 Å². The Morgan fingerprint density at radius 2 is 2.00 bits per heavy atom. The van der Waals surface area contributed by atoms with Crippen molar-refractivity contribution in [3.05, 3.63) is 30.9 Å². The van der Waals surface area contributed by atoms with Crippen LogP contribution in [0, 0.1) is 5.92 Å². The molecule has 3 aromatic rings. The van der Waals surface area contributed by atoms with Gasteiger partial charge in [-0.3, -0.25) is 0 Å². The highest BCUT2D eigenvalue weighted by Crippen LogP contribution is 2.22. The molecule has 0 spiro atoms. The molecule has 0 radical (unpaired) electrons. The molecule has 3 aromatic heterocycles. The summed E-state index contributed by atoms with van der Waals surface area (Å²) < 4.78 is 1.58. The molecule has 1 atom stereocenters. The SMILES string of the molecule is CC(C)CNc1cc(-c2cnc3c(cnn3C[C@@H](O)CO)c2)ncn1. The van der Waals surface area contributed by atoms with E-state index in [0.29, 0.717) is 11.6 Å². The fourth-order valence-electron chi connectivity index (χ4n) is 2.42. The zero-order valence-corrected chi connectivity index (χ0v) is 14.3. The van der Waals surface area contributed by atoms with E-state index in [4.69, 9.17) is 5.11 Å². The lowest BCUT2D eigenvalue weighted by Crippen LogP contribution is -2.20. The highest BCUT2D eigenvalue weighted by atomic mass is 16.3. The van der Waals surface area contributed by atoms with Gasteiger partial charge in [0.1, 0.15) is 12.1 Å². The quantitative estimate of drug-likeness (QED) is 0.594. The predicted octanol–water partition coefficient (Wildman–Crippen LogP) is 1.31. The minimum atomic E-state index is -0.860. The summed E-state index contributed by atoms with van der Waals surface area (Å²) in [6.45, 7) is 5.00. The molecule has 0 unspecified atom stereocenters. The molecule has 3 heterocycles. The van der Waals surface area contributed by atoms with Gasteiger partial charge in [-0.1, -0.05) is 13.8 Å². The van der Waals surface area contributed by atoms with Crippen molar-refractivity contribution in [2.24, 2.45) is 5.92 Å². The van der Waals surface area contributed by atoms with Crippen LogP contribution in [0.3, 0.4) is 0 Å². The van der Waals surface area contributed by atoms with Gasteiger partial charge in [0, 0.05) is 29.8 Å². The summed E-state index contributed by atoms with van der Waals surface area (Å²) in [6.07, 6.45) is 4.08. The van der Waals surface area contributed by atoms with Gasteiger partial charge >= 0.3 is 0 Å². The van der Waals surface area contributed by atoms with Crippen LogP contribution in [-0.4, -0.2) is 54.2 Å². The van der Waals surface area contributed by atoms with Crippen LogP contribution in [0.5, 0.6) is 0 Å². The first-order valence-corrected chi connectivity index (χ1v) is 8.23. The van der Waals surface area contributed by atoms with Gasteiger partial charge in [0.25, 0.3) is 0 Å². The smallest absolute Gasteiger partial charge is 0.157 e. The van der Waals surface area contributed by atoms with E-state index in [1.807, 2.05) is 12.1 Å². The molecule has 0 bridgehead atoms. The third-order valence-electron chi connectivity index (χ3n) is 3.72. The van der Waals surface area contributed by atoms with Crippen LogP contribution in [0.25, 0.3) is 22.3 Å². The lowest BCUT2D eigenvalue weighted by molar-refractivity contribution is 0.0792. The average molecular weight is 342 g/mol. The number of nitrogens with one attached hydrogen (secondary N) is 1. The van der Waals surface area contributed by atoms with Gasteiger partial charge in [-0.2, -0.15) is 5.10 Å². The van der Waals surface area contributed by atoms with Crippen molar-refractivity contribution in [2.75, 3.05) is 18.5 Å². The molecule has 132 valence electrons. The normalized spacial score (nSPS) is 12.7. The van der Waals surface area contributed by atoms with Crippen molar-refractivity contribution in [2.45, 2.75) is 26.5 Å². The zero-order chi connectivity index (χ0) is 17.8. The average Bonchev–Trinajstić information content (AvgIpc) is 3.02. The van der Waals surface area contributed by atoms with Crippen molar-refractivity contribution >= 4 is 16.9 Å². The molecule has 8 nitrogen and oxygen atoms in total. The predicted molar refractivity (Wildman–Crippen MR) is 95.0 cm³/mol. The summed E-state index contributed by atoms with van der Waals surface area (Å²) in [4.78, 5) is 13.0. The molecule has 0 amide bonds. The first-order valence-electron chi connectivity index (χ1n) is 8.23. The second-order valence-electron chi connectivity index (χ2n) is 6.36. The molecule has 0 saturated heterocycles. The van der Waals surface area contributed by atoms with Crippen molar-refractivity contribution in [3.8, 4) is 11.3 Å². The Balaban J connectivity index is 1.86. The third-order valence-corrected chi connectivity index (χ3v) is 3.72. The maximum absolute atomic E-state index is 9.58. The number of aliphatic hydroxyl groups excluding tert-OH is 2. The molecular formula is C17H22N6O2. The highest BCUT2D eigenvalue weighted by molar-refractivity contribution is 5.80. The Morgan fingerprint density at radius 1 is 1.16 bits per heavy atom. The van der Waals surface area contributed by atoms with E-state index in [2.05, 4.69) is 39.2 Å². The Bertz CT molecular complexity index is 848. The number of fused-ring (bicyclic) bond motifs is 1. The number of aliphatic hydroxyl groups is 2. The Labute approximate surface area is 145 Å². The fraction of sp³-hybridized carbons (Fsp3) is 0.412.